The van der Waals surface area contributed by atoms with Crippen molar-refractivity contribution in [1.29, 1.82) is 0 Å². The van der Waals surface area contributed by atoms with Gasteiger partial charge < -0.3 is 9.80 Å². The summed E-state index contributed by atoms with van der Waals surface area (Å²) >= 11 is 11.9. The van der Waals surface area contributed by atoms with Gasteiger partial charge in [-0.1, -0.05) is 109 Å². The minimum absolute atomic E-state index is 0.0301. The number of thiocarbonyl (C=S) groups is 2. The van der Waals surface area contributed by atoms with Gasteiger partial charge in [-0.25, -0.2) is 19.8 Å². The molecule has 0 aromatic heterocycles. The molecule has 0 N–H and O–H groups in total. The lowest BCUT2D eigenvalue weighted by molar-refractivity contribution is -0.121. The van der Waals surface area contributed by atoms with Crippen LogP contribution in [-0.4, -0.2) is 71.5 Å². The molecule has 4 aromatic carbocycles. The monoisotopic (exact) mass is 668 g/mol. The standard InChI is InChI=1S/C38H32N6O2S2/c1-41(2)29-19-15-25(16-20-29)23-31-35(45)43(33(39-31)27-11-7-5-8-12-27)37(47)38(48)44-34(28-13-9-6-10-14-28)40-32(36(44)46)24-26-17-21-30(22-18-26)42(3)4/h5-24H,1-4H3/b31-23-,32-24+. The Hall–Kier alpha value is -5.58. The van der Waals surface area contributed by atoms with Crippen LogP contribution in [0, 0.1) is 0 Å². The zero-order valence-corrected chi connectivity index (χ0v) is 28.5. The smallest absolute Gasteiger partial charge is 0.283 e. The first kappa shape index (κ1) is 32.4. The van der Waals surface area contributed by atoms with E-state index in [-0.39, 0.29) is 21.4 Å². The molecule has 10 heteroatoms. The molecule has 0 bridgehead atoms. The average molecular weight is 669 g/mol. The number of amidine groups is 2. The van der Waals surface area contributed by atoms with E-state index in [0.717, 1.165) is 22.5 Å². The molecule has 6 rings (SSSR count). The lowest BCUT2D eigenvalue weighted by Gasteiger charge is -2.25. The molecular formula is C38H32N6O2S2. The Morgan fingerprint density at radius 3 is 1.19 bits per heavy atom. The van der Waals surface area contributed by atoms with Crippen molar-refractivity contribution < 1.29 is 9.59 Å². The van der Waals surface area contributed by atoms with Gasteiger partial charge >= 0.3 is 0 Å². The van der Waals surface area contributed by atoms with Crippen LogP contribution in [0.5, 0.6) is 0 Å². The second-order valence-electron chi connectivity index (χ2n) is 11.5. The molecule has 0 spiro atoms. The molecule has 0 radical (unpaired) electrons. The Kier molecular flexibility index (Phi) is 9.20. The van der Waals surface area contributed by atoms with Crippen LogP contribution in [0.2, 0.25) is 0 Å². The van der Waals surface area contributed by atoms with Gasteiger partial charge in [0.25, 0.3) is 11.8 Å². The minimum Gasteiger partial charge on any atom is -0.378 e. The first-order valence-corrected chi connectivity index (χ1v) is 16.0. The summed E-state index contributed by atoms with van der Waals surface area (Å²) in [5.41, 5.74) is 5.41. The number of carbonyl (C=O) groups excluding carboxylic acids is 2. The molecule has 0 fully saturated rings. The molecule has 0 saturated heterocycles. The van der Waals surface area contributed by atoms with E-state index in [9.17, 15) is 9.59 Å². The van der Waals surface area contributed by atoms with Crippen molar-refractivity contribution in [3.63, 3.8) is 0 Å². The van der Waals surface area contributed by atoms with Gasteiger partial charge in [-0.15, -0.1) is 0 Å². The fourth-order valence-electron chi connectivity index (χ4n) is 5.22. The fourth-order valence-corrected chi connectivity index (χ4v) is 5.74. The third kappa shape index (κ3) is 6.48. The number of anilines is 2. The van der Waals surface area contributed by atoms with E-state index in [2.05, 4.69) is 0 Å². The van der Waals surface area contributed by atoms with Crippen LogP contribution < -0.4 is 9.80 Å². The molecule has 4 aromatic rings. The second-order valence-corrected chi connectivity index (χ2v) is 12.3. The van der Waals surface area contributed by atoms with Gasteiger partial charge in [-0.05, 0) is 47.5 Å². The number of rotatable bonds is 6. The molecule has 2 aliphatic rings. The van der Waals surface area contributed by atoms with Gasteiger partial charge in [0.2, 0.25) is 0 Å². The van der Waals surface area contributed by atoms with Crippen LogP contribution in [0.25, 0.3) is 12.2 Å². The molecule has 2 heterocycles. The summed E-state index contributed by atoms with van der Waals surface area (Å²) in [5, 5.41) is 0. The van der Waals surface area contributed by atoms with E-state index < -0.39 is 11.8 Å². The van der Waals surface area contributed by atoms with Crippen molar-refractivity contribution in [3.05, 3.63) is 143 Å². The highest BCUT2D eigenvalue weighted by molar-refractivity contribution is 7.89. The van der Waals surface area contributed by atoms with Crippen molar-refractivity contribution in [3.8, 4) is 0 Å². The van der Waals surface area contributed by atoms with Crippen LogP contribution in [-0.2, 0) is 9.59 Å². The maximum atomic E-state index is 14.1. The molecule has 0 atom stereocenters. The first-order valence-electron chi connectivity index (χ1n) is 15.2. The molecule has 0 unspecified atom stereocenters. The molecule has 48 heavy (non-hydrogen) atoms. The van der Waals surface area contributed by atoms with E-state index >= 15 is 0 Å². The Balaban J connectivity index is 1.37. The van der Waals surface area contributed by atoms with Crippen molar-refractivity contribution in [2.45, 2.75) is 0 Å². The number of hydrogen-bond acceptors (Lipinski definition) is 8. The SMILES string of the molecule is CN(C)c1ccc(/C=C2\N=C(c3ccccc3)N(C(=S)C(=S)N3C(=O)/C(=C\c4ccc(N(C)C)cc4)N=C3c3ccccc3)C2=O)cc1. The predicted molar refractivity (Wildman–Crippen MR) is 202 cm³/mol. The third-order valence-electron chi connectivity index (χ3n) is 7.80. The van der Waals surface area contributed by atoms with Gasteiger partial charge in [-0.2, -0.15) is 0 Å². The summed E-state index contributed by atoms with van der Waals surface area (Å²) in [6, 6.07) is 34.1. The molecule has 2 aliphatic heterocycles. The predicted octanol–water partition coefficient (Wildman–Crippen LogP) is 6.43. The van der Waals surface area contributed by atoms with Crippen LogP contribution in [0.1, 0.15) is 22.3 Å². The van der Waals surface area contributed by atoms with Crippen molar-refractivity contribution in [1.82, 2.24) is 9.80 Å². The number of carbonyl (C=O) groups is 2. The lowest BCUT2D eigenvalue weighted by Crippen LogP contribution is -2.49. The number of amides is 2. The van der Waals surface area contributed by atoms with Crippen LogP contribution in [0.4, 0.5) is 11.4 Å². The van der Waals surface area contributed by atoms with Crippen LogP contribution in [0.15, 0.2) is 131 Å². The minimum atomic E-state index is -0.445. The normalized spacial score (nSPS) is 16.0. The summed E-state index contributed by atoms with van der Waals surface area (Å²) in [6.07, 6.45) is 3.44. The maximum absolute atomic E-state index is 14.1. The summed E-state index contributed by atoms with van der Waals surface area (Å²) in [7, 11) is 7.86. The fraction of sp³-hybridized carbons (Fsp3) is 0.105. The zero-order chi connectivity index (χ0) is 33.9. The molecule has 8 nitrogen and oxygen atoms in total. The van der Waals surface area contributed by atoms with E-state index in [0.29, 0.717) is 22.8 Å². The Bertz CT molecular complexity index is 1880. The second kappa shape index (κ2) is 13.6. The maximum Gasteiger partial charge on any atom is 0.283 e. The zero-order valence-electron chi connectivity index (χ0n) is 26.9. The third-order valence-corrected chi connectivity index (χ3v) is 8.68. The van der Waals surface area contributed by atoms with E-state index in [1.807, 2.05) is 147 Å². The average Bonchev–Trinajstić information content (AvgIpc) is 3.60. The summed E-state index contributed by atoms with van der Waals surface area (Å²) < 4.78 is 0. The first-order chi connectivity index (χ1) is 23.1. The van der Waals surface area contributed by atoms with Crippen LogP contribution in [0.3, 0.4) is 0 Å². The quantitative estimate of drug-likeness (QED) is 0.174. The molecule has 0 aliphatic carbocycles. The summed E-state index contributed by atoms with van der Waals surface area (Å²) in [5.74, 6) is -0.240. The van der Waals surface area contributed by atoms with Gasteiger partial charge in [0, 0.05) is 50.7 Å². The molecule has 2 amide bonds. The highest BCUT2D eigenvalue weighted by Gasteiger charge is 2.41. The molecule has 0 saturated carbocycles. The van der Waals surface area contributed by atoms with E-state index in [1.165, 1.54) is 9.80 Å². The van der Waals surface area contributed by atoms with Crippen molar-refractivity contribution >= 4 is 81.4 Å². The summed E-state index contributed by atoms with van der Waals surface area (Å²) in [4.78, 5) is 44.2. The number of aliphatic imine (C=N–C) groups is 2. The lowest BCUT2D eigenvalue weighted by atomic mass is 10.1. The highest BCUT2D eigenvalue weighted by atomic mass is 32.1. The largest absolute Gasteiger partial charge is 0.378 e. The van der Waals surface area contributed by atoms with E-state index in [1.54, 1.807) is 12.2 Å². The van der Waals surface area contributed by atoms with Gasteiger partial charge in [0.15, 0.2) is 9.98 Å². The number of nitrogens with zero attached hydrogens (tertiary/aromatic N) is 6. The van der Waals surface area contributed by atoms with Crippen LogP contribution >= 0.6 is 24.4 Å². The number of benzene rings is 4. The van der Waals surface area contributed by atoms with Gasteiger partial charge in [0.05, 0.1) is 0 Å². The highest BCUT2D eigenvalue weighted by Crippen LogP contribution is 2.28. The van der Waals surface area contributed by atoms with Gasteiger partial charge in [0.1, 0.15) is 23.1 Å². The number of hydrogen-bond donors (Lipinski definition) is 0. The molecule has 238 valence electrons. The van der Waals surface area contributed by atoms with Gasteiger partial charge in [-0.3, -0.25) is 9.59 Å². The molecular weight excluding hydrogens is 637 g/mol. The van der Waals surface area contributed by atoms with Crippen molar-refractivity contribution in [2.24, 2.45) is 9.98 Å². The Morgan fingerprint density at radius 2 is 0.875 bits per heavy atom. The topological polar surface area (TPSA) is 71.8 Å². The van der Waals surface area contributed by atoms with Crippen molar-refractivity contribution in [2.75, 3.05) is 38.0 Å². The van der Waals surface area contributed by atoms with E-state index in [4.69, 9.17) is 34.4 Å². The summed E-state index contributed by atoms with van der Waals surface area (Å²) in [6.45, 7) is 0. The Morgan fingerprint density at radius 1 is 0.542 bits per heavy atom. The Labute approximate surface area is 290 Å².